The highest BCUT2D eigenvalue weighted by Crippen LogP contribution is 2.13. The number of likely N-dealkylation sites (tertiary alicyclic amines) is 1. The monoisotopic (exact) mass is 210 g/mol. The molecule has 1 saturated heterocycles. The molecule has 1 aromatic heterocycles. The Labute approximate surface area is 85.6 Å². The molecule has 1 aliphatic heterocycles. The van der Waals surface area contributed by atoms with Gasteiger partial charge in [0.15, 0.2) is 0 Å². The molecule has 0 bridgehead atoms. The number of carbonyl (C=O) groups is 2. The number of thiazole rings is 1. The maximum atomic E-state index is 11.4. The van der Waals surface area contributed by atoms with Gasteiger partial charge in [-0.1, -0.05) is 0 Å². The van der Waals surface area contributed by atoms with Crippen LogP contribution < -0.4 is 0 Å². The van der Waals surface area contributed by atoms with E-state index in [0.717, 1.165) is 5.01 Å². The van der Waals surface area contributed by atoms with Crippen LogP contribution in [-0.2, 0) is 16.1 Å². The predicted octanol–water partition coefficient (Wildman–Crippen LogP) is 0.835. The van der Waals surface area contributed by atoms with Gasteiger partial charge >= 0.3 is 0 Å². The van der Waals surface area contributed by atoms with E-state index < -0.39 is 0 Å². The number of aromatic nitrogens is 1. The SMILES string of the molecule is O=C1CCN(Cc2nccs2)C(=O)C1. The van der Waals surface area contributed by atoms with E-state index in [4.69, 9.17) is 0 Å². The number of rotatable bonds is 2. The van der Waals surface area contributed by atoms with Gasteiger partial charge in [0.05, 0.1) is 13.0 Å². The fourth-order valence-corrected chi connectivity index (χ4v) is 2.05. The molecule has 2 rings (SSSR count). The summed E-state index contributed by atoms with van der Waals surface area (Å²) in [6.07, 6.45) is 2.27. The minimum atomic E-state index is -0.0727. The lowest BCUT2D eigenvalue weighted by molar-refractivity contribution is -0.139. The van der Waals surface area contributed by atoms with Crippen molar-refractivity contribution in [1.29, 1.82) is 0 Å². The summed E-state index contributed by atoms with van der Waals surface area (Å²) in [5.41, 5.74) is 0. The van der Waals surface area contributed by atoms with Crippen LogP contribution in [-0.4, -0.2) is 28.1 Å². The zero-order valence-corrected chi connectivity index (χ0v) is 8.42. The van der Waals surface area contributed by atoms with Crippen LogP contribution in [0.3, 0.4) is 0 Å². The number of nitrogens with zero attached hydrogens (tertiary/aromatic N) is 2. The van der Waals surface area contributed by atoms with Gasteiger partial charge < -0.3 is 4.90 Å². The zero-order valence-electron chi connectivity index (χ0n) is 7.60. The first kappa shape index (κ1) is 9.33. The second-order valence-corrected chi connectivity index (χ2v) is 4.19. The first-order chi connectivity index (χ1) is 6.75. The van der Waals surface area contributed by atoms with Crippen molar-refractivity contribution in [1.82, 2.24) is 9.88 Å². The van der Waals surface area contributed by atoms with Crippen molar-refractivity contribution in [3.63, 3.8) is 0 Å². The molecule has 14 heavy (non-hydrogen) atoms. The second kappa shape index (κ2) is 3.88. The van der Waals surface area contributed by atoms with Crippen molar-refractivity contribution >= 4 is 23.0 Å². The Morgan fingerprint density at radius 2 is 2.36 bits per heavy atom. The summed E-state index contributed by atoms with van der Waals surface area (Å²) in [5.74, 6) is -0.0261. The topological polar surface area (TPSA) is 50.3 Å². The highest BCUT2D eigenvalue weighted by Gasteiger charge is 2.23. The normalized spacial score (nSPS) is 17.6. The summed E-state index contributed by atoms with van der Waals surface area (Å²) in [7, 11) is 0. The average Bonchev–Trinajstić information content (AvgIpc) is 2.62. The number of hydrogen-bond donors (Lipinski definition) is 0. The molecule has 4 nitrogen and oxygen atoms in total. The lowest BCUT2D eigenvalue weighted by Crippen LogP contribution is -2.38. The zero-order chi connectivity index (χ0) is 9.97. The van der Waals surface area contributed by atoms with Gasteiger partial charge in [-0.15, -0.1) is 11.3 Å². The molecule has 0 radical (unpaired) electrons. The maximum absolute atomic E-state index is 11.4. The van der Waals surface area contributed by atoms with Crippen LogP contribution >= 0.6 is 11.3 Å². The first-order valence-electron chi connectivity index (χ1n) is 4.43. The molecule has 0 aliphatic carbocycles. The van der Waals surface area contributed by atoms with Gasteiger partial charge in [-0.05, 0) is 0 Å². The summed E-state index contributed by atoms with van der Waals surface area (Å²) < 4.78 is 0. The quantitative estimate of drug-likeness (QED) is 0.679. The summed E-state index contributed by atoms with van der Waals surface area (Å²) in [4.78, 5) is 28.2. The van der Waals surface area contributed by atoms with Gasteiger partial charge in [0, 0.05) is 24.5 Å². The first-order valence-corrected chi connectivity index (χ1v) is 5.31. The van der Waals surface area contributed by atoms with Gasteiger partial charge in [-0.25, -0.2) is 4.98 Å². The molecular weight excluding hydrogens is 200 g/mol. The fourth-order valence-electron chi connectivity index (χ4n) is 1.41. The van der Waals surface area contributed by atoms with E-state index >= 15 is 0 Å². The molecule has 0 unspecified atom stereocenters. The Morgan fingerprint density at radius 1 is 1.50 bits per heavy atom. The number of hydrogen-bond acceptors (Lipinski definition) is 4. The highest BCUT2D eigenvalue weighted by atomic mass is 32.1. The Kier molecular flexibility index (Phi) is 2.58. The minimum absolute atomic E-state index is 0.0467. The number of Topliss-reactive ketones (excluding diaryl/α,β-unsaturated/α-hetero) is 1. The molecule has 2 heterocycles. The van der Waals surface area contributed by atoms with Crippen molar-refractivity contribution in [2.45, 2.75) is 19.4 Å². The minimum Gasteiger partial charge on any atom is -0.335 e. The second-order valence-electron chi connectivity index (χ2n) is 3.21. The Hall–Kier alpha value is -1.23. The molecule has 1 amide bonds. The van der Waals surface area contributed by atoms with E-state index in [0.29, 0.717) is 19.5 Å². The van der Waals surface area contributed by atoms with Crippen LogP contribution in [0.1, 0.15) is 17.8 Å². The Balaban J connectivity index is 1.99. The molecule has 1 fully saturated rings. The van der Waals surface area contributed by atoms with E-state index in [1.54, 1.807) is 11.1 Å². The van der Waals surface area contributed by atoms with Crippen molar-refractivity contribution < 1.29 is 9.59 Å². The van der Waals surface area contributed by atoms with E-state index in [2.05, 4.69) is 4.98 Å². The molecule has 74 valence electrons. The lowest BCUT2D eigenvalue weighted by Gasteiger charge is -2.24. The summed E-state index contributed by atoms with van der Waals surface area (Å²) >= 11 is 1.53. The highest BCUT2D eigenvalue weighted by molar-refractivity contribution is 7.09. The Morgan fingerprint density at radius 3 is 3.00 bits per heavy atom. The fraction of sp³-hybridized carbons (Fsp3) is 0.444. The van der Waals surface area contributed by atoms with Crippen LogP contribution in [0.25, 0.3) is 0 Å². The smallest absolute Gasteiger partial charge is 0.230 e. The standard InChI is InChI=1S/C9H10N2O2S/c12-7-1-3-11(9(13)5-7)6-8-10-2-4-14-8/h2,4H,1,3,5-6H2. The summed E-state index contributed by atoms with van der Waals surface area (Å²) in [6, 6.07) is 0. The predicted molar refractivity (Wildman–Crippen MR) is 51.8 cm³/mol. The lowest BCUT2D eigenvalue weighted by atomic mass is 10.1. The maximum Gasteiger partial charge on any atom is 0.230 e. The number of amides is 1. The molecule has 0 saturated carbocycles. The molecular formula is C9H10N2O2S. The van der Waals surface area contributed by atoms with E-state index in [-0.39, 0.29) is 18.1 Å². The van der Waals surface area contributed by atoms with Crippen LogP contribution in [0, 0.1) is 0 Å². The van der Waals surface area contributed by atoms with Crippen molar-refractivity contribution in [2.75, 3.05) is 6.54 Å². The van der Waals surface area contributed by atoms with Gasteiger partial charge in [-0.3, -0.25) is 9.59 Å². The Bertz CT molecular complexity index is 348. The molecule has 5 heteroatoms. The molecule has 0 N–H and O–H groups in total. The van der Waals surface area contributed by atoms with Crippen molar-refractivity contribution in [3.8, 4) is 0 Å². The molecule has 0 spiro atoms. The third-order valence-electron chi connectivity index (χ3n) is 2.17. The van der Waals surface area contributed by atoms with E-state index in [1.807, 2.05) is 5.38 Å². The van der Waals surface area contributed by atoms with E-state index in [9.17, 15) is 9.59 Å². The third kappa shape index (κ3) is 1.98. The van der Waals surface area contributed by atoms with Gasteiger partial charge in [0.2, 0.25) is 5.91 Å². The number of piperidine rings is 1. The van der Waals surface area contributed by atoms with Crippen LogP contribution in [0.2, 0.25) is 0 Å². The van der Waals surface area contributed by atoms with Crippen LogP contribution in [0.4, 0.5) is 0 Å². The molecule has 1 aromatic rings. The largest absolute Gasteiger partial charge is 0.335 e. The van der Waals surface area contributed by atoms with E-state index in [1.165, 1.54) is 11.3 Å². The van der Waals surface area contributed by atoms with Crippen LogP contribution in [0.5, 0.6) is 0 Å². The molecule has 1 aliphatic rings. The number of ketones is 1. The molecule has 0 aromatic carbocycles. The summed E-state index contributed by atoms with van der Waals surface area (Å²) in [6.45, 7) is 1.08. The van der Waals surface area contributed by atoms with Crippen molar-refractivity contribution in [2.24, 2.45) is 0 Å². The summed E-state index contributed by atoms with van der Waals surface area (Å²) in [5, 5.41) is 2.81. The number of carbonyl (C=O) groups excluding carboxylic acids is 2. The van der Waals surface area contributed by atoms with Gasteiger partial charge in [0.25, 0.3) is 0 Å². The molecule has 0 atom stereocenters. The van der Waals surface area contributed by atoms with Crippen molar-refractivity contribution in [3.05, 3.63) is 16.6 Å². The van der Waals surface area contributed by atoms with Crippen LogP contribution in [0.15, 0.2) is 11.6 Å². The average molecular weight is 210 g/mol. The van der Waals surface area contributed by atoms with Gasteiger partial charge in [-0.2, -0.15) is 0 Å². The van der Waals surface area contributed by atoms with Gasteiger partial charge in [0.1, 0.15) is 10.8 Å². The third-order valence-corrected chi connectivity index (χ3v) is 2.94.